The number of fused-ring (bicyclic) bond motifs is 1. The molecule has 0 bridgehead atoms. The van der Waals surface area contributed by atoms with E-state index >= 15 is 0 Å². The molecule has 1 saturated heterocycles. The molecule has 0 spiro atoms. The molecule has 0 aromatic heterocycles. The predicted octanol–water partition coefficient (Wildman–Crippen LogP) is 2.63. The van der Waals surface area contributed by atoms with Gasteiger partial charge in [0.1, 0.15) is 0 Å². The van der Waals surface area contributed by atoms with Gasteiger partial charge in [-0.3, -0.25) is 4.79 Å². The fourth-order valence-corrected chi connectivity index (χ4v) is 4.23. The van der Waals surface area contributed by atoms with Crippen LogP contribution < -0.4 is 10.6 Å². The maximum atomic E-state index is 12.6. The summed E-state index contributed by atoms with van der Waals surface area (Å²) in [6, 6.07) is 9.37. The lowest BCUT2D eigenvalue weighted by molar-refractivity contribution is -0.123. The van der Waals surface area contributed by atoms with Gasteiger partial charge in [-0.1, -0.05) is 42.7 Å². The highest BCUT2D eigenvalue weighted by Crippen LogP contribution is 2.33. The molecule has 1 aromatic carbocycles. The Morgan fingerprint density at radius 3 is 2.62 bits per heavy atom. The second-order valence-electron chi connectivity index (χ2n) is 7.74. The number of carbonyl (C=O) groups is 1. The smallest absolute Gasteiger partial charge is 0.237 e. The molecule has 1 heterocycles. The van der Waals surface area contributed by atoms with E-state index in [0.717, 1.165) is 6.42 Å². The zero-order chi connectivity index (χ0) is 17.1. The number of aryl methyl sites for hydroxylation is 1. The molecule has 2 fully saturated rings. The van der Waals surface area contributed by atoms with Crippen molar-refractivity contribution in [3.8, 4) is 0 Å². The van der Waals surface area contributed by atoms with Crippen molar-refractivity contribution in [2.24, 2.45) is 5.92 Å². The average Bonchev–Trinajstić information content (AvgIpc) is 3.00. The van der Waals surface area contributed by atoms with Crippen LogP contribution in [0, 0.1) is 12.8 Å². The van der Waals surface area contributed by atoms with E-state index in [2.05, 4.69) is 60.8 Å². The van der Waals surface area contributed by atoms with E-state index in [1.165, 1.54) is 36.8 Å². The Labute approximate surface area is 146 Å². The third-order valence-electron chi connectivity index (χ3n) is 5.73. The van der Waals surface area contributed by atoms with Gasteiger partial charge in [0.15, 0.2) is 0 Å². The van der Waals surface area contributed by atoms with E-state index in [1.54, 1.807) is 0 Å². The Morgan fingerprint density at radius 2 is 1.96 bits per heavy atom. The molecule has 24 heavy (non-hydrogen) atoms. The Balaban J connectivity index is 1.56. The molecule has 1 aromatic rings. The average molecular weight is 329 g/mol. The lowest BCUT2D eigenvalue weighted by Crippen LogP contribution is -2.45. The second kappa shape index (κ2) is 7.66. The van der Waals surface area contributed by atoms with Crippen LogP contribution in [0.15, 0.2) is 24.3 Å². The number of nitrogens with zero attached hydrogens (tertiary/aromatic N) is 1. The zero-order valence-electron chi connectivity index (χ0n) is 15.2. The minimum absolute atomic E-state index is 0.000991. The van der Waals surface area contributed by atoms with E-state index in [1.807, 2.05) is 0 Å². The minimum atomic E-state index is -0.000991. The first-order valence-electron chi connectivity index (χ1n) is 9.31. The topological polar surface area (TPSA) is 44.4 Å². The van der Waals surface area contributed by atoms with Crippen LogP contribution in [0.1, 0.15) is 49.3 Å². The molecule has 132 valence electrons. The lowest BCUT2D eigenvalue weighted by Gasteiger charge is -2.26. The minimum Gasteiger partial charge on any atom is -0.353 e. The molecule has 2 aliphatic rings. The van der Waals surface area contributed by atoms with Crippen molar-refractivity contribution >= 4 is 5.91 Å². The van der Waals surface area contributed by atoms with Gasteiger partial charge in [-0.05, 0) is 51.8 Å². The van der Waals surface area contributed by atoms with Crippen molar-refractivity contribution in [3.05, 3.63) is 35.4 Å². The summed E-state index contributed by atoms with van der Waals surface area (Å²) in [7, 11) is 4.14. The number of likely N-dealkylation sites (N-methyl/N-ethyl adjacent to an activating group) is 1. The summed E-state index contributed by atoms with van der Waals surface area (Å²) in [5.74, 6) is 0.875. The molecule has 3 rings (SSSR count). The number of amides is 1. The molecule has 1 saturated carbocycles. The van der Waals surface area contributed by atoms with Crippen molar-refractivity contribution in [2.45, 2.75) is 57.2 Å². The van der Waals surface area contributed by atoms with Gasteiger partial charge in [0, 0.05) is 12.6 Å². The fourth-order valence-electron chi connectivity index (χ4n) is 4.23. The SMILES string of the molecule is Cc1ccc(C(CNC(=O)C2CC3CCCCC3N2)N(C)C)cc1. The van der Waals surface area contributed by atoms with Gasteiger partial charge >= 0.3 is 0 Å². The zero-order valence-corrected chi connectivity index (χ0v) is 15.2. The number of carbonyl (C=O) groups excluding carboxylic acids is 1. The summed E-state index contributed by atoms with van der Waals surface area (Å²) < 4.78 is 0. The maximum absolute atomic E-state index is 12.6. The van der Waals surface area contributed by atoms with Crippen molar-refractivity contribution in [2.75, 3.05) is 20.6 Å². The van der Waals surface area contributed by atoms with Gasteiger partial charge in [0.2, 0.25) is 5.91 Å². The van der Waals surface area contributed by atoms with Crippen molar-refractivity contribution in [3.63, 3.8) is 0 Å². The Bertz CT molecular complexity index is 541. The normalized spacial score (nSPS) is 27.8. The summed E-state index contributed by atoms with van der Waals surface area (Å²) >= 11 is 0. The summed E-state index contributed by atoms with van der Waals surface area (Å²) in [6.45, 7) is 2.75. The van der Waals surface area contributed by atoms with Gasteiger partial charge in [0.25, 0.3) is 0 Å². The van der Waals surface area contributed by atoms with Crippen LogP contribution in [0.25, 0.3) is 0 Å². The molecule has 0 radical (unpaired) electrons. The molecule has 1 amide bonds. The van der Waals surface area contributed by atoms with Crippen molar-refractivity contribution < 1.29 is 4.79 Å². The summed E-state index contributed by atoms with van der Waals surface area (Å²) in [6.07, 6.45) is 6.16. The molecule has 4 nitrogen and oxygen atoms in total. The van der Waals surface area contributed by atoms with Gasteiger partial charge in [-0.25, -0.2) is 0 Å². The van der Waals surface area contributed by atoms with Crippen LogP contribution in [-0.2, 0) is 4.79 Å². The van der Waals surface area contributed by atoms with Gasteiger partial charge in [-0.2, -0.15) is 0 Å². The highest BCUT2D eigenvalue weighted by Gasteiger charge is 2.38. The predicted molar refractivity (Wildman–Crippen MR) is 97.9 cm³/mol. The molecule has 1 aliphatic carbocycles. The highest BCUT2D eigenvalue weighted by molar-refractivity contribution is 5.82. The monoisotopic (exact) mass is 329 g/mol. The summed E-state index contributed by atoms with van der Waals surface area (Å²) in [4.78, 5) is 14.8. The Kier molecular flexibility index (Phi) is 5.57. The van der Waals surface area contributed by atoms with Crippen molar-refractivity contribution in [1.82, 2.24) is 15.5 Å². The van der Waals surface area contributed by atoms with Crippen molar-refractivity contribution in [1.29, 1.82) is 0 Å². The summed E-state index contributed by atoms with van der Waals surface area (Å²) in [5.41, 5.74) is 2.51. The largest absolute Gasteiger partial charge is 0.353 e. The number of hydrogen-bond donors (Lipinski definition) is 2. The van der Waals surface area contributed by atoms with E-state index in [4.69, 9.17) is 0 Å². The fraction of sp³-hybridized carbons (Fsp3) is 0.650. The Morgan fingerprint density at radius 1 is 1.25 bits per heavy atom. The highest BCUT2D eigenvalue weighted by atomic mass is 16.2. The molecule has 4 heteroatoms. The number of benzene rings is 1. The van der Waals surface area contributed by atoms with Gasteiger partial charge in [-0.15, -0.1) is 0 Å². The third-order valence-corrected chi connectivity index (χ3v) is 5.73. The molecule has 4 atom stereocenters. The van der Waals surface area contributed by atoms with Crippen LogP contribution in [0.2, 0.25) is 0 Å². The van der Waals surface area contributed by atoms with Crippen LogP contribution in [0.3, 0.4) is 0 Å². The first-order chi connectivity index (χ1) is 11.5. The van der Waals surface area contributed by atoms with Gasteiger partial charge < -0.3 is 15.5 Å². The van der Waals surface area contributed by atoms with Crippen LogP contribution >= 0.6 is 0 Å². The first kappa shape index (κ1) is 17.4. The molecule has 1 aliphatic heterocycles. The molecular formula is C20H31N3O. The molecule has 2 N–H and O–H groups in total. The number of nitrogens with one attached hydrogen (secondary N) is 2. The first-order valence-corrected chi connectivity index (χ1v) is 9.31. The summed E-state index contributed by atoms with van der Waals surface area (Å²) in [5, 5.41) is 6.75. The second-order valence-corrected chi connectivity index (χ2v) is 7.74. The molecule has 4 unspecified atom stereocenters. The third kappa shape index (κ3) is 3.98. The number of hydrogen-bond acceptors (Lipinski definition) is 3. The van der Waals surface area contributed by atoms with E-state index in [9.17, 15) is 4.79 Å². The lowest BCUT2D eigenvalue weighted by atomic mass is 9.85. The standard InChI is InChI=1S/C20H31N3O/c1-14-8-10-15(11-9-14)19(23(2)3)13-21-20(24)18-12-16-6-4-5-7-17(16)22-18/h8-11,16-19,22H,4-7,12-13H2,1-3H3,(H,21,24). The van der Waals surface area contributed by atoms with Crippen LogP contribution in [0.4, 0.5) is 0 Å². The van der Waals surface area contributed by atoms with E-state index < -0.39 is 0 Å². The van der Waals surface area contributed by atoms with E-state index in [0.29, 0.717) is 18.5 Å². The maximum Gasteiger partial charge on any atom is 0.237 e. The molecular weight excluding hydrogens is 298 g/mol. The van der Waals surface area contributed by atoms with Gasteiger partial charge in [0.05, 0.1) is 12.1 Å². The Hall–Kier alpha value is -1.39. The van der Waals surface area contributed by atoms with E-state index in [-0.39, 0.29) is 18.0 Å². The number of rotatable bonds is 5. The van der Waals surface area contributed by atoms with Crippen LogP contribution in [-0.4, -0.2) is 43.5 Å². The quantitative estimate of drug-likeness (QED) is 0.873. The van der Waals surface area contributed by atoms with Crippen LogP contribution in [0.5, 0.6) is 0 Å².